The first-order valence-corrected chi connectivity index (χ1v) is 4.01. The number of hydrogen-bond donors (Lipinski definition) is 3. The van der Waals surface area contributed by atoms with Gasteiger partial charge in [-0.3, -0.25) is 9.59 Å². The summed E-state index contributed by atoms with van der Waals surface area (Å²) in [4.78, 5) is 31.7. The third-order valence-electron chi connectivity index (χ3n) is 1.73. The second-order valence-electron chi connectivity index (χ2n) is 2.98. The van der Waals surface area contributed by atoms with E-state index in [4.69, 9.17) is 10.2 Å². The molecule has 3 N–H and O–H groups in total. The predicted octanol–water partition coefficient (Wildman–Crippen LogP) is -0.354. The van der Waals surface area contributed by atoms with Gasteiger partial charge in [-0.05, 0) is 0 Å². The molecule has 80 valence electrons. The van der Waals surface area contributed by atoms with Crippen molar-refractivity contribution in [1.29, 1.82) is 0 Å². The van der Waals surface area contributed by atoms with Gasteiger partial charge in [-0.25, -0.2) is 4.79 Å². The van der Waals surface area contributed by atoms with Crippen LogP contribution >= 0.6 is 0 Å². The highest BCUT2D eigenvalue weighted by atomic mass is 16.4. The molecule has 0 fully saturated rings. The highest BCUT2D eigenvalue weighted by Crippen LogP contribution is 2.17. The van der Waals surface area contributed by atoms with E-state index in [0.717, 1.165) is 0 Å². The lowest BCUT2D eigenvalue weighted by molar-refractivity contribution is -0.167. The Bertz CT molecular complexity index is 259. The Morgan fingerprint density at radius 3 is 1.93 bits per heavy atom. The van der Waals surface area contributed by atoms with E-state index in [9.17, 15) is 19.5 Å². The maximum Gasteiger partial charge on any atom is 0.336 e. The predicted molar refractivity (Wildman–Crippen MR) is 44.8 cm³/mol. The summed E-state index contributed by atoms with van der Waals surface area (Å²) in [5.41, 5.74) is -2.49. The topological polar surface area (TPSA) is 112 Å². The molecule has 0 aliphatic carbocycles. The number of ketones is 1. The Balaban J connectivity index is 4.63. The van der Waals surface area contributed by atoms with E-state index >= 15 is 0 Å². The van der Waals surface area contributed by atoms with Gasteiger partial charge in [0.15, 0.2) is 5.60 Å². The number of carboxylic acid groups (broad SMARTS) is 2. The molecule has 0 radical (unpaired) electrons. The van der Waals surface area contributed by atoms with E-state index < -0.39 is 36.2 Å². The van der Waals surface area contributed by atoms with E-state index in [2.05, 4.69) is 0 Å². The van der Waals surface area contributed by atoms with Gasteiger partial charge in [0.2, 0.25) is 0 Å². The van der Waals surface area contributed by atoms with Crippen molar-refractivity contribution in [3.05, 3.63) is 0 Å². The summed E-state index contributed by atoms with van der Waals surface area (Å²) in [6.07, 6.45) is -1.59. The molecule has 1 atom stereocenters. The number of rotatable bonds is 6. The van der Waals surface area contributed by atoms with Crippen molar-refractivity contribution < 1.29 is 29.7 Å². The Hall–Kier alpha value is -1.43. The summed E-state index contributed by atoms with van der Waals surface area (Å²) >= 11 is 0. The first-order valence-electron chi connectivity index (χ1n) is 4.01. The van der Waals surface area contributed by atoms with Crippen LogP contribution in [0.2, 0.25) is 0 Å². The second kappa shape index (κ2) is 4.71. The Kier molecular flexibility index (Phi) is 4.23. The monoisotopic (exact) mass is 204 g/mol. The zero-order chi connectivity index (χ0) is 11.4. The molecule has 14 heavy (non-hydrogen) atoms. The number of Topliss-reactive ketones (excluding diaryl/α,β-unsaturated/α-hetero) is 1. The number of carbonyl (C=O) groups is 3. The van der Waals surface area contributed by atoms with Crippen LogP contribution in [-0.2, 0) is 14.4 Å². The zero-order valence-electron chi connectivity index (χ0n) is 7.69. The standard InChI is InChI=1S/C8H12O6/c1-2-5(9)3-8(14,7(12)13)4-6(10)11/h14H,2-4H2,1H3,(H,10,11)(H,12,13). The molecule has 0 aliphatic rings. The van der Waals surface area contributed by atoms with E-state index in [1.165, 1.54) is 6.92 Å². The Labute approximate surface area is 80.2 Å². The minimum absolute atomic E-state index is 0.0647. The molecule has 0 heterocycles. The molecule has 0 amide bonds. The Morgan fingerprint density at radius 2 is 1.64 bits per heavy atom. The van der Waals surface area contributed by atoms with Crippen LogP contribution in [0.4, 0.5) is 0 Å². The molecule has 0 aromatic heterocycles. The maximum absolute atomic E-state index is 10.9. The van der Waals surface area contributed by atoms with Crippen molar-refractivity contribution in [2.75, 3.05) is 0 Å². The maximum atomic E-state index is 10.9. The Morgan fingerprint density at radius 1 is 1.14 bits per heavy atom. The molecule has 0 spiro atoms. The highest BCUT2D eigenvalue weighted by Gasteiger charge is 2.40. The van der Waals surface area contributed by atoms with Crippen LogP contribution in [0.3, 0.4) is 0 Å². The molecule has 6 heteroatoms. The molecule has 0 rings (SSSR count). The van der Waals surface area contributed by atoms with Gasteiger partial charge in [0.05, 0.1) is 6.42 Å². The average Bonchev–Trinajstić information content (AvgIpc) is 2.02. The van der Waals surface area contributed by atoms with Crippen molar-refractivity contribution in [2.45, 2.75) is 31.8 Å². The zero-order valence-corrected chi connectivity index (χ0v) is 7.69. The lowest BCUT2D eigenvalue weighted by Gasteiger charge is -2.19. The fraction of sp³-hybridized carbons (Fsp3) is 0.625. The third kappa shape index (κ3) is 3.53. The van der Waals surface area contributed by atoms with Gasteiger partial charge in [-0.2, -0.15) is 0 Å². The summed E-state index contributed by atoms with van der Waals surface area (Å²) in [6.45, 7) is 1.51. The minimum Gasteiger partial charge on any atom is -0.481 e. The summed E-state index contributed by atoms with van der Waals surface area (Å²) in [5, 5.41) is 26.3. The normalized spacial score (nSPS) is 14.4. The van der Waals surface area contributed by atoms with E-state index in [0.29, 0.717) is 0 Å². The SMILES string of the molecule is CCC(=O)CC(O)(CC(=O)O)C(=O)O. The molecule has 0 aromatic rings. The number of hydrogen-bond acceptors (Lipinski definition) is 4. The van der Waals surface area contributed by atoms with Crippen LogP contribution in [0.15, 0.2) is 0 Å². The van der Waals surface area contributed by atoms with Crippen LogP contribution < -0.4 is 0 Å². The molecule has 6 nitrogen and oxygen atoms in total. The molecule has 1 unspecified atom stereocenters. The number of carbonyl (C=O) groups excluding carboxylic acids is 1. The van der Waals surface area contributed by atoms with E-state index in [-0.39, 0.29) is 6.42 Å². The molecule has 0 aromatic carbocycles. The average molecular weight is 204 g/mol. The molecule has 0 saturated carbocycles. The molecule has 0 bridgehead atoms. The summed E-state index contributed by atoms with van der Waals surface area (Å²) in [5.74, 6) is -3.64. The number of carboxylic acids is 2. The van der Waals surface area contributed by atoms with Crippen molar-refractivity contribution in [3.63, 3.8) is 0 Å². The van der Waals surface area contributed by atoms with Crippen molar-refractivity contribution in [3.8, 4) is 0 Å². The van der Waals surface area contributed by atoms with Gasteiger partial charge in [0, 0.05) is 12.8 Å². The van der Waals surface area contributed by atoms with Crippen molar-refractivity contribution in [1.82, 2.24) is 0 Å². The summed E-state index contributed by atoms with van der Waals surface area (Å²) < 4.78 is 0. The van der Waals surface area contributed by atoms with Crippen molar-refractivity contribution >= 4 is 17.7 Å². The molecular formula is C8H12O6. The third-order valence-corrected chi connectivity index (χ3v) is 1.73. The molecule has 0 aliphatic heterocycles. The van der Waals surface area contributed by atoms with Crippen LogP contribution in [0, 0.1) is 0 Å². The molecule has 0 saturated heterocycles. The quantitative estimate of drug-likeness (QED) is 0.545. The van der Waals surface area contributed by atoms with Crippen LogP contribution in [0.1, 0.15) is 26.2 Å². The van der Waals surface area contributed by atoms with Gasteiger partial charge in [-0.1, -0.05) is 6.92 Å². The first-order chi connectivity index (χ1) is 6.31. The van der Waals surface area contributed by atoms with Gasteiger partial charge >= 0.3 is 11.9 Å². The highest BCUT2D eigenvalue weighted by molar-refractivity contribution is 5.90. The minimum atomic E-state index is -2.49. The number of aliphatic hydroxyl groups is 1. The fourth-order valence-corrected chi connectivity index (χ4v) is 0.915. The van der Waals surface area contributed by atoms with Gasteiger partial charge in [0.1, 0.15) is 5.78 Å². The fourth-order valence-electron chi connectivity index (χ4n) is 0.915. The van der Waals surface area contributed by atoms with Crippen molar-refractivity contribution in [2.24, 2.45) is 0 Å². The summed E-state index contributed by atoms with van der Waals surface area (Å²) in [7, 11) is 0. The summed E-state index contributed by atoms with van der Waals surface area (Å²) in [6, 6.07) is 0. The van der Waals surface area contributed by atoms with Crippen LogP contribution in [-0.4, -0.2) is 38.6 Å². The number of aliphatic carboxylic acids is 2. The first kappa shape index (κ1) is 12.6. The smallest absolute Gasteiger partial charge is 0.336 e. The van der Waals surface area contributed by atoms with Crippen LogP contribution in [0.5, 0.6) is 0 Å². The van der Waals surface area contributed by atoms with E-state index in [1.807, 2.05) is 0 Å². The lowest BCUT2D eigenvalue weighted by atomic mass is 9.92. The van der Waals surface area contributed by atoms with E-state index in [1.54, 1.807) is 0 Å². The van der Waals surface area contributed by atoms with Gasteiger partial charge in [0.25, 0.3) is 0 Å². The second-order valence-corrected chi connectivity index (χ2v) is 2.98. The lowest BCUT2D eigenvalue weighted by Crippen LogP contribution is -2.42. The molecular weight excluding hydrogens is 192 g/mol. The largest absolute Gasteiger partial charge is 0.481 e. The van der Waals surface area contributed by atoms with Gasteiger partial charge in [-0.15, -0.1) is 0 Å². The van der Waals surface area contributed by atoms with Crippen LogP contribution in [0.25, 0.3) is 0 Å². The van der Waals surface area contributed by atoms with Gasteiger partial charge < -0.3 is 15.3 Å².